The maximum atomic E-state index is 4.50. The molecule has 2 aliphatic heterocycles. The third-order valence-corrected chi connectivity index (χ3v) is 5.57. The van der Waals surface area contributed by atoms with Gasteiger partial charge in [0.05, 0.1) is 0 Å². The van der Waals surface area contributed by atoms with Crippen LogP contribution in [0.5, 0.6) is 0 Å². The summed E-state index contributed by atoms with van der Waals surface area (Å²) in [5.74, 6) is 1.04. The second-order valence-electron chi connectivity index (χ2n) is 6.60. The molecule has 0 spiro atoms. The highest BCUT2D eigenvalue weighted by molar-refractivity contribution is 14.0. The SMILES string of the molecule is CN=C(NCc1ccc(Br)cc1C)N1CCC(N2CCCC2)C1.I. The Morgan fingerprint density at radius 2 is 2.04 bits per heavy atom. The largest absolute Gasteiger partial charge is 0.352 e. The molecule has 0 amide bonds. The fourth-order valence-corrected chi connectivity index (χ4v) is 4.18. The first-order valence-electron chi connectivity index (χ1n) is 8.62. The number of hydrogen-bond acceptors (Lipinski definition) is 2. The van der Waals surface area contributed by atoms with Crippen molar-refractivity contribution in [2.24, 2.45) is 4.99 Å². The van der Waals surface area contributed by atoms with Crippen molar-refractivity contribution in [3.63, 3.8) is 0 Å². The van der Waals surface area contributed by atoms with Crippen LogP contribution in [0.4, 0.5) is 0 Å². The van der Waals surface area contributed by atoms with Gasteiger partial charge in [0.15, 0.2) is 5.96 Å². The maximum Gasteiger partial charge on any atom is 0.193 e. The van der Waals surface area contributed by atoms with Crippen LogP contribution in [-0.2, 0) is 6.54 Å². The van der Waals surface area contributed by atoms with Gasteiger partial charge in [0.25, 0.3) is 0 Å². The molecule has 6 heteroatoms. The molecule has 2 fully saturated rings. The third kappa shape index (κ3) is 4.85. The van der Waals surface area contributed by atoms with Crippen LogP contribution < -0.4 is 5.32 Å². The highest BCUT2D eigenvalue weighted by Gasteiger charge is 2.30. The zero-order valence-electron chi connectivity index (χ0n) is 14.6. The molecule has 2 heterocycles. The van der Waals surface area contributed by atoms with Gasteiger partial charge in [-0.2, -0.15) is 0 Å². The molecule has 1 atom stereocenters. The Morgan fingerprint density at radius 3 is 2.71 bits per heavy atom. The van der Waals surface area contributed by atoms with E-state index in [2.05, 4.69) is 61.2 Å². The first-order valence-corrected chi connectivity index (χ1v) is 9.41. The quantitative estimate of drug-likeness (QED) is 0.386. The normalized spacial score (nSPS) is 21.9. The number of guanidine groups is 1. The van der Waals surface area contributed by atoms with Crippen LogP contribution in [0.25, 0.3) is 0 Å². The average Bonchev–Trinajstić information content (AvgIpc) is 3.20. The van der Waals surface area contributed by atoms with Gasteiger partial charge in [-0.15, -0.1) is 24.0 Å². The monoisotopic (exact) mass is 506 g/mol. The minimum Gasteiger partial charge on any atom is -0.352 e. The second-order valence-corrected chi connectivity index (χ2v) is 7.52. The van der Waals surface area contributed by atoms with Gasteiger partial charge in [-0.25, -0.2) is 0 Å². The number of halogens is 2. The van der Waals surface area contributed by atoms with Crippen LogP contribution in [0.1, 0.15) is 30.4 Å². The summed E-state index contributed by atoms with van der Waals surface area (Å²) >= 11 is 3.53. The zero-order valence-corrected chi connectivity index (χ0v) is 18.5. The van der Waals surface area contributed by atoms with E-state index in [0.717, 1.165) is 30.1 Å². The van der Waals surface area contributed by atoms with Crippen LogP contribution >= 0.6 is 39.9 Å². The Kier molecular flexibility index (Phi) is 7.81. The van der Waals surface area contributed by atoms with Crippen LogP contribution in [0.15, 0.2) is 27.7 Å². The maximum absolute atomic E-state index is 4.50. The summed E-state index contributed by atoms with van der Waals surface area (Å²) in [5.41, 5.74) is 2.63. The molecule has 24 heavy (non-hydrogen) atoms. The summed E-state index contributed by atoms with van der Waals surface area (Å²) in [4.78, 5) is 9.57. The van der Waals surface area contributed by atoms with E-state index in [1.165, 1.54) is 43.5 Å². The number of hydrogen-bond donors (Lipinski definition) is 1. The molecule has 3 rings (SSSR count). The standard InChI is InChI=1S/C18H27BrN4.HI/c1-14-11-16(19)6-5-15(14)12-21-18(20-2)23-10-7-17(13-23)22-8-3-4-9-22;/h5-6,11,17H,3-4,7-10,12-13H2,1-2H3,(H,20,21);1H. The number of nitrogens with zero attached hydrogens (tertiary/aromatic N) is 3. The van der Waals surface area contributed by atoms with E-state index >= 15 is 0 Å². The van der Waals surface area contributed by atoms with E-state index < -0.39 is 0 Å². The Labute approximate surface area is 171 Å². The van der Waals surface area contributed by atoms with Crippen LogP contribution in [0, 0.1) is 6.92 Å². The molecule has 0 aromatic heterocycles. The van der Waals surface area contributed by atoms with Crippen molar-refractivity contribution in [1.82, 2.24) is 15.1 Å². The topological polar surface area (TPSA) is 30.9 Å². The number of aliphatic imine (C=N–C) groups is 1. The van der Waals surface area contributed by atoms with Crippen molar-refractivity contribution in [2.75, 3.05) is 33.2 Å². The van der Waals surface area contributed by atoms with E-state index in [-0.39, 0.29) is 24.0 Å². The Balaban J connectivity index is 0.00000208. The molecule has 2 aliphatic rings. The molecule has 0 bridgehead atoms. The van der Waals surface area contributed by atoms with Crippen molar-refractivity contribution in [2.45, 2.75) is 38.8 Å². The highest BCUT2D eigenvalue weighted by atomic mass is 127. The molecule has 1 N–H and O–H groups in total. The lowest BCUT2D eigenvalue weighted by Crippen LogP contribution is -2.42. The molecule has 1 aromatic carbocycles. The fraction of sp³-hybridized carbons (Fsp3) is 0.611. The Hall–Kier alpha value is -0.340. The van der Waals surface area contributed by atoms with Gasteiger partial charge in [0.2, 0.25) is 0 Å². The molecular formula is C18H28BrIN4. The van der Waals surface area contributed by atoms with Crippen molar-refractivity contribution >= 4 is 45.9 Å². The minimum atomic E-state index is 0. The van der Waals surface area contributed by atoms with E-state index in [0.29, 0.717) is 6.04 Å². The van der Waals surface area contributed by atoms with Gasteiger partial charge in [-0.3, -0.25) is 9.89 Å². The van der Waals surface area contributed by atoms with E-state index in [9.17, 15) is 0 Å². The fourth-order valence-electron chi connectivity index (χ4n) is 3.70. The minimum absolute atomic E-state index is 0. The predicted molar refractivity (Wildman–Crippen MR) is 115 cm³/mol. The van der Waals surface area contributed by atoms with Crippen molar-refractivity contribution in [3.8, 4) is 0 Å². The summed E-state index contributed by atoms with van der Waals surface area (Å²) in [7, 11) is 1.89. The molecule has 4 nitrogen and oxygen atoms in total. The number of nitrogens with one attached hydrogen (secondary N) is 1. The first kappa shape index (κ1) is 20.0. The van der Waals surface area contributed by atoms with Gasteiger partial charge in [0, 0.05) is 37.2 Å². The molecule has 0 radical (unpaired) electrons. The second kappa shape index (κ2) is 9.38. The first-order chi connectivity index (χ1) is 11.2. The molecule has 2 saturated heterocycles. The van der Waals surface area contributed by atoms with Crippen LogP contribution in [0.2, 0.25) is 0 Å². The van der Waals surface area contributed by atoms with Gasteiger partial charge in [-0.1, -0.05) is 22.0 Å². The van der Waals surface area contributed by atoms with E-state index in [1.807, 2.05) is 7.05 Å². The summed E-state index contributed by atoms with van der Waals surface area (Å²) in [5, 5.41) is 3.54. The van der Waals surface area contributed by atoms with Gasteiger partial charge in [-0.05, 0) is 62.5 Å². The molecule has 0 aliphatic carbocycles. The molecule has 0 saturated carbocycles. The summed E-state index contributed by atoms with van der Waals surface area (Å²) < 4.78 is 1.14. The van der Waals surface area contributed by atoms with Crippen LogP contribution in [0.3, 0.4) is 0 Å². The highest BCUT2D eigenvalue weighted by Crippen LogP contribution is 2.21. The summed E-state index contributed by atoms with van der Waals surface area (Å²) in [6, 6.07) is 7.16. The number of benzene rings is 1. The molecule has 134 valence electrons. The van der Waals surface area contributed by atoms with Crippen LogP contribution in [-0.4, -0.2) is 55.0 Å². The zero-order chi connectivity index (χ0) is 16.2. The average molecular weight is 507 g/mol. The number of aryl methyl sites for hydroxylation is 1. The predicted octanol–water partition coefficient (Wildman–Crippen LogP) is 3.62. The number of likely N-dealkylation sites (tertiary alicyclic amines) is 2. The van der Waals surface area contributed by atoms with Gasteiger partial charge in [0.1, 0.15) is 0 Å². The third-order valence-electron chi connectivity index (χ3n) is 5.07. The van der Waals surface area contributed by atoms with E-state index in [1.54, 1.807) is 0 Å². The summed E-state index contributed by atoms with van der Waals surface area (Å²) in [6.45, 7) is 7.77. The molecular weight excluding hydrogens is 479 g/mol. The van der Waals surface area contributed by atoms with Crippen molar-refractivity contribution in [3.05, 3.63) is 33.8 Å². The van der Waals surface area contributed by atoms with E-state index in [4.69, 9.17) is 0 Å². The van der Waals surface area contributed by atoms with Crippen molar-refractivity contribution < 1.29 is 0 Å². The lowest BCUT2D eigenvalue weighted by atomic mass is 10.1. The Morgan fingerprint density at radius 1 is 1.29 bits per heavy atom. The smallest absolute Gasteiger partial charge is 0.193 e. The number of rotatable bonds is 3. The lowest BCUT2D eigenvalue weighted by molar-refractivity contribution is 0.249. The lowest BCUT2D eigenvalue weighted by Gasteiger charge is -2.25. The van der Waals surface area contributed by atoms with Crippen molar-refractivity contribution in [1.29, 1.82) is 0 Å². The molecule has 1 aromatic rings. The van der Waals surface area contributed by atoms with Gasteiger partial charge < -0.3 is 10.2 Å². The van der Waals surface area contributed by atoms with Gasteiger partial charge >= 0.3 is 0 Å². The Bertz CT molecular complexity index is 572. The molecule has 1 unspecified atom stereocenters. The summed E-state index contributed by atoms with van der Waals surface area (Å²) in [6.07, 6.45) is 4.00.